The number of nitrogens with zero attached hydrogens (tertiary/aromatic N) is 1. The van der Waals surface area contributed by atoms with E-state index in [1.807, 2.05) is 30.3 Å². The van der Waals surface area contributed by atoms with E-state index in [2.05, 4.69) is 0 Å². The summed E-state index contributed by atoms with van der Waals surface area (Å²) in [6.45, 7) is 0. The quantitative estimate of drug-likeness (QED) is 0.668. The smallest absolute Gasteiger partial charge is 0.312 e. The molecule has 0 fully saturated rings. The molecule has 6 nitrogen and oxygen atoms in total. The molecule has 1 aromatic heterocycles. The van der Waals surface area contributed by atoms with Crippen LogP contribution in [0.3, 0.4) is 0 Å². The summed E-state index contributed by atoms with van der Waals surface area (Å²) in [5.74, 6) is 0.717. The summed E-state index contributed by atoms with van der Waals surface area (Å²) in [5, 5.41) is 0.744. The summed E-state index contributed by atoms with van der Waals surface area (Å²) in [6.07, 6.45) is 0.0933. The molecule has 0 amide bonds. The lowest BCUT2D eigenvalue weighted by atomic mass is 9.86. The average Bonchev–Trinajstić information content (AvgIpc) is 2.70. The number of rotatable bonds is 3. The van der Waals surface area contributed by atoms with Gasteiger partial charge in [0.05, 0.1) is 31.7 Å². The molecule has 2 aromatic carbocycles. The minimum atomic E-state index is -0.413. The Kier molecular flexibility index (Phi) is 4.11. The summed E-state index contributed by atoms with van der Waals surface area (Å²) in [4.78, 5) is 25.5. The van der Waals surface area contributed by atoms with Gasteiger partial charge in [0, 0.05) is 18.4 Å². The zero-order valence-electron chi connectivity index (χ0n) is 15.3. The number of aromatic nitrogens is 1. The number of pyridine rings is 1. The van der Waals surface area contributed by atoms with E-state index >= 15 is 0 Å². The summed E-state index contributed by atoms with van der Waals surface area (Å²) < 4.78 is 17.8. The van der Waals surface area contributed by atoms with Gasteiger partial charge in [-0.25, -0.2) is 0 Å². The number of carbonyl (C=O) groups is 1. The van der Waals surface area contributed by atoms with Crippen LogP contribution in [-0.4, -0.2) is 24.8 Å². The lowest BCUT2D eigenvalue weighted by Gasteiger charge is -2.26. The molecule has 0 saturated carbocycles. The first-order chi connectivity index (χ1) is 13.0. The Morgan fingerprint density at radius 3 is 2.52 bits per heavy atom. The fourth-order valence-corrected chi connectivity index (χ4v) is 3.69. The van der Waals surface area contributed by atoms with Crippen LogP contribution in [0.25, 0.3) is 10.9 Å². The molecular weight excluding hydrogens is 346 g/mol. The molecule has 6 heteroatoms. The van der Waals surface area contributed by atoms with Crippen molar-refractivity contribution in [2.24, 2.45) is 7.05 Å². The molecule has 1 aliphatic heterocycles. The molecule has 138 valence electrons. The zero-order valence-corrected chi connectivity index (χ0v) is 15.3. The first-order valence-electron chi connectivity index (χ1n) is 8.59. The van der Waals surface area contributed by atoms with Gasteiger partial charge in [-0.2, -0.15) is 0 Å². The van der Waals surface area contributed by atoms with E-state index in [1.54, 1.807) is 38.0 Å². The predicted molar refractivity (Wildman–Crippen MR) is 101 cm³/mol. The molecule has 0 spiro atoms. The van der Waals surface area contributed by atoms with Crippen molar-refractivity contribution in [3.05, 3.63) is 63.9 Å². The van der Waals surface area contributed by atoms with Crippen molar-refractivity contribution in [1.29, 1.82) is 0 Å². The monoisotopic (exact) mass is 365 g/mol. The molecule has 0 N–H and O–H groups in total. The first-order valence-corrected chi connectivity index (χ1v) is 8.59. The van der Waals surface area contributed by atoms with Gasteiger partial charge in [-0.1, -0.05) is 18.2 Å². The third-order valence-corrected chi connectivity index (χ3v) is 5.03. The first kappa shape index (κ1) is 17.1. The van der Waals surface area contributed by atoms with Crippen LogP contribution in [0, 0.1) is 0 Å². The van der Waals surface area contributed by atoms with Gasteiger partial charge in [0.1, 0.15) is 5.75 Å². The Morgan fingerprint density at radius 1 is 1.04 bits per heavy atom. The van der Waals surface area contributed by atoms with E-state index < -0.39 is 5.92 Å². The highest BCUT2D eigenvalue weighted by Crippen LogP contribution is 2.42. The lowest BCUT2D eigenvalue weighted by Crippen LogP contribution is -2.31. The number of methoxy groups -OCH3 is 2. The molecule has 1 atom stereocenters. The Balaban J connectivity index is 1.99. The number of esters is 1. The van der Waals surface area contributed by atoms with Crippen LogP contribution in [0.4, 0.5) is 0 Å². The van der Waals surface area contributed by atoms with Crippen molar-refractivity contribution >= 4 is 16.9 Å². The maximum atomic E-state index is 13.1. The van der Waals surface area contributed by atoms with Gasteiger partial charge in [-0.15, -0.1) is 0 Å². The molecule has 27 heavy (non-hydrogen) atoms. The maximum Gasteiger partial charge on any atom is 0.312 e. The molecule has 0 aliphatic carbocycles. The van der Waals surface area contributed by atoms with Crippen LogP contribution in [-0.2, 0) is 11.8 Å². The summed E-state index contributed by atoms with van der Waals surface area (Å²) >= 11 is 0. The van der Waals surface area contributed by atoms with Crippen LogP contribution in [0.1, 0.15) is 23.5 Å². The molecule has 0 unspecified atom stereocenters. The van der Waals surface area contributed by atoms with Crippen LogP contribution in [0.2, 0.25) is 0 Å². The van der Waals surface area contributed by atoms with Gasteiger partial charge in [0.25, 0.3) is 5.56 Å². The molecule has 0 bridgehead atoms. The highest BCUT2D eigenvalue weighted by molar-refractivity contribution is 5.91. The fourth-order valence-electron chi connectivity index (χ4n) is 3.69. The molecule has 4 rings (SSSR count). The predicted octanol–water partition coefficient (Wildman–Crippen LogP) is 3.00. The molecule has 3 aromatic rings. The van der Waals surface area contributed by atoms with Gasteiger partial charge in [0.2, 0.25) is 0 Å². The zero-order chi connectivity index (χ0) is 19.1. The number of hydrogen-bond donors (Lipinski definition) is 0. The van der Waals surface area contributed by atoms with Crippen molar-refractivity contribution in [2.45, 2.75) is 12.3 Å². The second kappa shape index (κ2) is 6.46. The molecule has 0 radical (unpaired) electrons. The van der Waals surface area contributed by atoms with E-state index in [0.29, 0.717) is 22.8 Å². The van der Waals surface area contributed by atoms with Gasteiger partial charge in [-0.05, 0) is 29.8 Å². The number of benzene rings is 2. The summed E-state index contributed by atoms with van der Waals surface area (Å²) in [6, 6.07) is 12.8. The second-order valence-corrected chi connectivity index (χ2v) is 6.47. The Bertz CT molecular complexity index is 1120. The van der Waals surface area contributed by atoms with Gasteiger partial charge in [0.15, 0.2) is 11.5 Å². The van der Waals surface area contributed by atoms with Gasteiger partial charge < -0.3 is 18.8 Å². The topological polar surface area (TPSA) is 66.8 Å². The number of para-hydroxylation sites is 1. The molecular formula is C21H19NO5. The normalized spacial score (nSPS) is 16.0. The Hall–Kier alpha value is -3.28. The third-order valence-electron chi connectivity index (χ3n) is 5.03. The summed E-state index contributed by atoms with van der Waals surface area (Å²) in [5.41, 5.74) is 1.85. The van der Waals surface area contributed by atoms with E-state index in [-0.39, 0.29) is 17.9 Å². The average molecular weight is 365 g/mol. The standard InChI is InChI=1S/C21H19NO5/c1-22-15-7-5-4-6-13(15)20-19(21(22)24)14(11-18(23)27-20)12-8-9-16(25-2)17(10-12)26-3/h4-10,14H,11H2,1-3H3/t14-/m1/s1. The molecule has 2 heterocycles. The fraction of sp³-hybridized carbons (Fsp3) is 0.238. The van der Waals surface area contributed by atoms with Crippen LogP contribution in [0.5, 0.6) is 17.2 Å². The minimum absolute atomic E-state index is 0.0933. The largest absolute Gasteiger partial charge is 0.493 e. The van der Waals surface area contributed by atoms with E-state index in [0.717, 1.165) is 16.5 Å². The number of ether oxygens (including phenoxy) is 3. The number of carbonyl (C=O) groups excluding carboxylic acids is 1. The van der Waals surface area contributed by atoms with Crippen LogP contribution >= 0.6 is 0 Å². The van der Waals surface area contributed by atoms with Crippen molar-refractivity contribution < 1.29 is 19.0 Å². The molecule has 0 saturated heterocycles. The number of aryl methyl sites for hydroxylation is 1. The van der Waals surface area contributed by atoms with Gasteiger partial charge >= 0.3 is 5.97 Å². The third kappa shape index (κ3) is 2.65. The number of fused-ring (bicyclic) bond motifs is 3. The molecule has 1 aliphatic rings. The highest BCUT2D eigenvalue weighted by Gasteiger charge is 2.34. The Morgan fingerprint density at radius 2 is 1.78 bits per heavy atom. The van der Waals surface area contributed by atoms with Gasteiger partial charge in [-0.3, -0.25) is 9.59 Å². The SMILES string of the molecule is COc1ccc([C@H]2CC(=O)Oc3c2c(=O)n(C)c2ccccc32)cc1OC. The second-order valence-electron chi connectivity index (χ2n) is 6.47. The van der Waals surface area contributed by atoms with Crippen molar-refractivity contribution in [2.75, 3.05) is 14.2 Å². The van der Waals surface area contributed by atoms with Crippen LogP contribution in [0.15, 0.2) is 47.3 Å². The Labute approximate surface area is 155 Å². The van der Waals surface area contributed by atoms with Crippen molar-refractivity contribution in [1.82, 2.24) is 4.57 Å². The maximum absolute atomic E-state index is 13.1. The lowest BCUT2D eigenvalue weighted by molar-refractivity contribution is -0.135. The van der Waals surface area contributed by atoms with Crippen molar-refractivity contribution in [3.63, 3.8) is 0 Å². The summed E-state index contributed by atoms with van der Waals surface area (Å²) in [7, 11) is 4.84. The number of hydrogen-bond acceptors (Lipinski definition) is 5. The highest BCUT2D eigenvalue weighted by atomic mass is 16.5. The van der Waals surface area contributed by atoms with Crippen LogP contribution < -0.4 is 19.8 Å². The van der Waals surface area contributed by atoms with E-state index in [9.17, 15) is 9.59 Å². The minimum Gasteiger partial charge on any atom is -0.493 e. The van der Waals surface area contributed by atoms with E-state index in [1.165, 1.54) is 0 Å². The van der Waals surface area contributed by atoms with Crippen molar-refractivity contribution in [3.8, 4) is 17.2 Å². The van der Waals surface area contributed by atoms with E-state index in [4.69, 9.17) is 14.2 Å².